The topological polar surface area (TPSA) is 83.1 Å². The molecule has 6 nitrogen and oxygen atoms in total. The highest BCUT2D eigenvalue weighted by Gasteiger charge is 2.16. The summed E-state index contributed by atoms with van der Waals surface area (Å²) in [6, 6.07) is 10.7. The molecular weight excluding hydrogens is 407 g/mol. The van der Waals surface area contributed by atoms with Crippen molar-refractivity contribution in [1.82, 2.24) is 10.3 Å². The molecule has 2 aromatic rings. The molecule has 1 aromatic heterocycles. The van der Waals surface area contributed by atoms with Gasteiger partial charge in [-0.2, -0.15) is 11.8 Å². The third kappa shape index (κ3) is 7.38. The second kappa shape index (κ2) is 11.8. The first-order valence-electron chi connectivity index (χ1n) is 8.13. The molecule has 0 saturated carbocycles. The second-order valence-electron chi connectivity index (χ2n) is 5.75. The Balaban J connectivity index is 0.00000182. The van der Waals surface area contributed by atoms with Gasteiger partial charge in [-0.15, -0.1) is 24.8 Å². The quantitative estimate of drug-likeness (QED) is 0.680. The van der Waals surface area contributed by atoms with Crippen molar-refractivity contribution >= 4 is 59.8 Å². The standard InChI is InChI=1S/C18H20N4O2S.2ClH/c23-17(11-16-12-25-9-8-20-16)21-14-2-1-3-15(10-14)22-18(24)13-4-6-19-7-5-13;;/h1-7,10,16,20H,8-9,11-12H2,(H,21,23)(H,22,24);2*1H. The number of rotatable bonds is 5. The van der Waals surface area contributed by atoms with Gasteiger partial charge in [0.2, 0.25) is 5.91 Å². The Morgan fingerprint density at radius 3 is 2.48 bits per heavy atom. The Hall–Kier alpha value is -1.80. The fraction of sp³-hybridized carbons (Fsp3) is 0.278. The van der Waals surface area contributed by atoms with Crippen LogP contribution < -0.4 is 16.0 Å². The highest BCUT2D eigenvalue weighted by molar-refractivity contribution is 7.99. The lowest BCUT2D eigenvalue weighted by molar-refractivity contribution is -0.116. The van der Waals surface area contributed by atoms with Gasteiger partial charge in [0.15, 0.2) is 0 Å². The Bertz CT molecular complexity index is 743. The number of hydrogen-bond acceptors (Lipinski definition) is 5. The number of benzene rings is 1. The summed E-state index contributed by atoms with van der Waals surface area (Å²) in [5, 5.41) is 9.06. The number of hydrogen-bond donors (Lipinski definition) is 3. The molecule has 9 heteroatoms. The van der Waals surface area contributed by atoms with Crippen LogP contribution in [0.3, 0.4) is 0 Å². The van der Waals surface area contributed by atoms with Crippen LogP contribution >= 0.6 is 36.6 Å². The van der Waals surface area contributed by atoms with Crippen molar-refractivity contribution in [2.24, 2.45) is 0 Å². The molecule has 0 bridgehead atoms. The predicted molar refractivity (Wildman–Crippen MR) is 115 cm³/mol. The van der Waals surface area contributed by atoms with Gasteiger partial charge in [-0.25, -0.2) is 0 Å². The fourth-order valence-corrected chi connectivity index (χ4v) is 3.52. The summed E-state index contributed by atoms with van der Waals surface area (Å²) in [6.45, 7) is 0.944. The average Bonchev–Trinajstić information content (AvgIpc) is 2.63. The minimum absolute atomic E-state index is 0. The van der Waals surface area contributed by atoms with Crippen LogP contribution in [0, 0.1) is 0 Å². The van der Waals surface area contributed by atoms with Crippen molar-refractivity contribution in [2.45, 2.75) is 12.5 Å². The summed E-state index contributed by atoms with van der Waals surface area (Å²) in [7, 11) is 0. The fourth-order valence-electron chi connectivity index (χ4n) is 2.57. The van der Waals surface area contributed by atoms with Crippen molar-refractivity contribution < 1.29 is 9.59 Å². The highest BCUT2D eigenvalue weighted by atomic mass is 35.5. The monoisotopic (exact) mass is 428 g/mol. The summed E-state index contributed by atoms with van der Waals surface area (Å²) in [5.74, 6) is 1.80. The molecule has 1 fully saturated rings. The van der Waals surface area contributed by atoms with E-state index in [4.69, 9.17) is 0 Å². The second-order valence-corrected chi connectivity index (χ2v) is 6.90. The molecule has 1 aliphatic rings. The van der Waals surface area contributed by atoms with Gasteiger partial charge >= 0.3 is 0 Å². The molecule has 1 unspecified atom stereocenters. The number of pyridine rings is 1. The van der Waals surface area contributed by atoms with E-state index in [-0.39, 0.29) is 42.7 Å². The Morgan fingerprint density at radius 2 is 1.81 bits per heavy atom. The third-order valence-corrected chi connectivity index (χ3v) is 4.91. The maximum absolute atomic E-state index is 12.2. The van der Waals surface area contributed by atoms with E-state index >= 15 is 0 Å². The van der Waals surface area contributed by atoms with Gasteiger partial charge in [0.1, 0.15) is 0 Å². The zero-order valence-corrected chi connectivity index (χ0v) is 17.0. The number of carbonyl (C=O) groups is 2. The molecule has 1 aliphatic heterocycles. The van der Waals surface area contributed by atoms with E-state index in [1.165, 1.54) is 0 Å². The summed E-state index contributed by atoms with van der Waals surface area (Å²) in [6.07, 6.45) is 3.59. The normalized spacial score (nSPS) is 15.6. The van der Waals surface area contributed by atoms with E-state index in [1.807, 2.05) is 17.8 Å². The number of nitrogens with zero attached hydrogens (tertiary/aromatic N) is 1. The predicted octanol–water partition coefficient (Wildman–Crippen LogP) is 3.21. The number of anilines is 2. The maximum atomic E-state index is 12.2. The molecule has 2 heterocycles. The SMILES string of the molecule is Cl.Cl.O=C(CC1CSCCN1)Nc1cccc(NC(=O)c2ccncc2)c1. The number of carbonyl (C=O) groups excluding carboxylic acids is 2. The van der Waals surface area contributed by atoms with Gasteiger partial charge in [0.25, 0.3) is 5.91 Å². The van der Waals surface area contributed by atoms with E-state index in [1.54, 1.807) is 42.7 Å². The van der Waals surface area contributed by atoms with E-state index in [9.17, 15) is 9.59 Å². The lowest BCUT2D eigenvalue weighted by Crippen LogP contribution is -2.39. The number of halogens is 2. The van der Waals surface area contributed by atoms with Crippen LogP contribution in [0.5, 0.6) is 0 Å². The first kappa shape index (κ1) is 23.2. The summed E-state index contributed by atoms with van der Waals surface area (Å²) < 4.78 is 0. The molecule has 3 N–H and O–H groups in total. The molecule has 146 valence electrons. The molecule has 1 atom stereocenters. The molecule has 1 saturated heterocycles. The zero-order valence-electron chi connectivity index (χ0n) is 14.5. The van der Waals surface area contributed by atoms with E-state index in [0.29, 0.717) is 23.4 Å². The molecule has 27 heavy (non-hydrogen) atoms. The van der Waals surface area contributed by atoms with Crippen LogP contribution in [0.2, 0.25) is 0 Å². The molecule has 0 radical (unpaired) electrons. The summed E-state index contributed by atoms with van der Waals surface area (Å²) in [4.78, 5) is 28.2. The largest absolute Gasteiger partial charge is 0.326 e. The number of amides is 2. The van der Waals surface area contributed by atoms with E-state index in [2.05, 4.69) is 20.9 Å². The number of aromatic nitrogens is 1. The van der Waals surface area contributed by atoms with Crippen molar-refractivity contribution in [3.8, 4) is 0 Å². The highest BCUT2D eigenvalue weighted by Crippen LogP contribution is 2.17. The zero-order chi connectivity index (χ0) is 17.5. The average molecular weight is 429 g/mol. The van der Waals surface area contributed by atoms with Gasteiger partial charge in [-0.05, 0) is 30.3 Å². The van der Waals surface area contributed by atoms with Crippen molar-refractivity contribution in [3.05, 3.63) is 54.4 Å². The smallest absolute Gasteiger partial charge is 0.255 e. The Kier molecular flexibility index (Phi) is 10.2. The summed E-state index contributed by atoms with van der Waals surface area (Å²) in [5.41, 5.74) is 1.83. The molecule has 3 rings (SSSR count). The van der Waals surface area contributed by atoms with Crippen molar-refractivity contribution in [2.75, 3.05) is 28.7 Å². The third-order valence-electron chi connectivity index (χ3n) is 3.78. The Labute approximate surface area is 175 Å². The van der Waals surface area contributed by atoms with E-state index in [0.717, 1.165) is 18.1 Å². The number of thioether (sulfide) groups is 1. The minimum atomic E-state index is -0.214. The molecule has 0 aliphatic carbocycles. The van der Waals surface area contributed by atoms with Gasteiger partial charge < -0.3 is 16.0 Å². The van der Waals surface area contributed by atoms with Crippen LogP contribution in [0.4, 0.5) is 11.4 Å². The van der Waals surface area contributed by atoms with Crippen molar-refractivity contribution in [1.29, 1.82) is 0 Å². The number of nitrogens with one attached hydrogen (secondary N) is 3. The molecular formula is C18H22Cl2N4O2S. The molecule has 2 amide bonds. The van der Waals surface area contributed by atoms with Gasteiger partial charge in [0.05, 0.1) is 0 Å². The maximum Gasteiger partial charge on any atom is 0.255 e. The van der Waals surface area contributed by atoms with Crippen LogP contribution in [0.1, 0.15) is 16.8 Å². The van der Waals surface area contributed by atoms with Crippen molar-refractivity contribution in [3.63, 3.8) is 0 Å². The summed E-state index contributed by atoms with van der Waals surface area (Å²) >= 11 is 1.86. The minimum Gasteiger partial charge on any atom is -0.326 e. The first-order chi connectivity index (χ1) is 12.2. The van der Waals surface area contributed by atoms with Crippen LogP contribution in [0.25, 0.3) is 0 Å². The van der Waals surface area contributed by atoms with Gasteiger partial charge in [-0.1, -0.05) is 6.07 Å². The van der Waals surface area contributed by atoms with Gasteiger partial charge in [0, 0.05) is 59.8 Å². The Morgan fingerprint density at radius 1 is 1.11 bits per heavy atom. The van der Waals surface area contributed by atoms with Crippen LogP contribution in [-0.2, 0) is 4.79 Å². The molecule has 0 spiro atoms. The van der Waals surface area contributed by atoms with Gasteiger partial charge in [-0.3, -0.25) is 14.6 Å². The van der Waals surface area contributed by atoms with Crippen LogP contribution in [0.15, 0.2) is 48.8 Å². The lowest BCUT2D eigenvalue weighted by atomic mass is 10.2. The first-order valence-corrected chi connectivity index (χ1v) is 9.28. The molecule has 1 aromatic carbocycles. The van der Waals surface area contributed by atoms with E-state index < -0.39 is 0 Å². The van der Waals surface area contributed by atoms with Crippen LogP contribution in [-0.4, -0.2) is 40.9 Å². The lowest BCUT2D eigenvalue weighted by Gasteiger charge is -2.22.